The first kappa shape index (κ1) is 14.4. The molecule has 0 saturated carbocycles. The molecular formula is C15H19N5O2. The number of aryl methyl sites for hydroxylation is 1. The summed E-state index contributed by atoms with van der Waals surface area (Å²) >= 11 is 0. The number of methoxy groups -OCH3 is 1. The molecule has 3 rings (SSSR count). The number of carbonyl (C=O) groups excluding carboxylic acids is 1. The third-order valence-corrected chi connectivity index (χ3v) is 3.82. The second-order valence-electron chi connectivity index (χ2n) is 5.20. The van der Waals surface area contributed by atoms with Crippen LogP contribution in [0.4, 0.5) is 5.69 Å². The van der Waals surface area contributed by atoms with Crippen LogP contribution in [0.1, 0.15) is 10.5 Å². The Kier molecular flexibility index (Phi) is 3.95. The predicted molar refractivity (Wildman–Crippen MR) is 82.1 cm³/mol. The number of nitrogens with zero attached hydrogens (tertiary/aromatic N) is 5. The lowest BCUT2D eigenvalue weighted by Gasteiger charge is -2.35. The van der Waals surface area contributed by atoms with Gasteiger partial charge in [0.1, 0.15) is 5.75 Å². The van der Waals surface area contributed by atoms with E-state index in [4.69, 9.17) is 4.74 Å². The van der Waals surface area contributed by atoms with Gasteiger partial charge in [0.2, 0.25) is 0 Å². The maximum absolute atomic E-state index is 12.3. The molecule has 22 heavy (non-hydrogen) atoms. The van der Waals surface area contributed by atoms with E-state index in [1.807, 2.05) is 29.2 Å². The Labute approximate surface area is 129 Å². The number of hydrogen-bond acceptors (Lipinski definition) is 5. The predicted octanol–water partition coefficient (Wildman–Crippen LogP) is 0.786. The summed E-state index contributed by atoms with van der Waals surface area (Å²) in [5.41, 5.74) is 1.55. The zero-order valence-corrected chi connectivity index (χ0v) is 12.8. The van der Waals surface area contributed by atoms with Crippen LogP contribution in [0.3, 0.4) is 0 Å². The first-order valence-electron chi connectivity index (χ1n) is 7.22. The van der Waals surface area contributed by atoms with Gasteiger partial charge in [0.15, 0.2) is 5.69 Å². The number of ether oxygens (including phenoxy) is 1. The number of carbonyl (C=O) groups is 1. The molecule has 0 bridgehead atoms. The minimum Gasteiger partial charge on any atom is -0.497 e. The van der Waals surface area contributed by atoms with Gasteiger partial charge in [-0.05, 0) is 24.3 Å². The van der Waals surface area contributed by atoms with Crippen LogP contribution in [-0.4, -0.2) is 59.1 Å². The highest BCUT2D eigenvalue weighted by atomic mass is 16.5. The van der Waals surface area contributed by atoms with Crippen molar-refractivity contribution in [3.05, 3.63) is 36.2 Å². The van der Waals surface area contributed by atoms with Crippen LogP contribution in [0.2, 0.25) is 0 Å². The van der Waals surface area contributed by atoms with E-state index in [0.29, 0.717) is 18.8 Å². The van der Waals surface area contributed by atoms with Gasteiger partial charge in [-0.1, -0.05) is 0 Å². The normalized spacial score (nSPS) is 15.0. The smallest absolute Gasteiger partial charge is 0.276 e. The third-order valence-electron chi connectivity index (χ3n) is 3.82. The fourth-order valence-electron chi connectivity index (χ4n) is 2.57. The van der Waals surface area contributed by atoms with E-state index in [-0.39, 0.29) is 5.91 Å². The van der Waals surface area contributed by atoms with Crippen LogP contribution in [0.5, 0.6) is 5.75 Å². The number of aromatic nitrogens is 3. The highest BCUT2D eigenvalue weighted by Crippen LogP contribution is 2.20. The third kappa shape index (κ3) is 2.88. The minimum atomic E-state index is -0.0533. The monoisotopic (exact) mass is 301 g/mol. The molecule has 1 aromatic carbocycles. The van der Waals surface area contributed by atoms with Gasteiger partial charge in [0, 0.05) is 38.9 Å². The van der Waals surface area contributed by atoms with Gasteiger partial charge in [-0.15, -0.1) is 5.10 Å². The fourth-order valence-corrected chi connectivity index (χ4v) is 2.57. The van der Waals surface area contributed by atoms with Gasteiger partial charge in [-0.2, -0.15) is 9.90 Å². The summed E-state index contributed by atoms with van der Waals surface area (Å²) in [5, 5.41) is 8.02. The molecule has 0 atom stereocenters. The molecule has 0 N–H and O–H groups in total. The van der Waals surface area contributed by atoms with Crippen LogP contribution in [0.25, 0.3) is 0 Å². The van der Waals surface area contributed by atoms with Crippen LogP contribution in [-0.2, 0) is 7.05 Å². The molecule has 0 aliphatic carbocycles. The molecule has 0 spiro atoms. The highest BCUT2D eigenvalue weighted by molar-refractivity contribution is 5.92. The summed E-state index contributed by atoms with van der Waals surface area (Å²) in [6, 6.07) is 7.98. The lowest BCUT2D eigenvalue weighted by molar-refractivity contribution is 0.0740. The summed E-state index contributed by atoms with van der Waals surface area (Å²) in [4.78, 5) is 17.8. The quantitative estimate of drug-likeness (QED) is 0.838. The molecular weight excluding hydrogens is 282 g/mol. The second-order valence-corrected chi connectivity index (χ2v) is 5.20. The highest BCUT2D eigenvalue weighted by Gasteiger charge is 2.24. The Morgan fingerprint density at radius 3 is 2.36 bits per heavy atom. The molecule has 0 unspecified atom stereocenters. The second kappa shape index (κ2) is 6.05. The molecule has 1 aromatic heterocycles. The molecule has 7 heteroatoms. The van der Waals surface area contributed by atoms with Crippen LogP contribution in [0.15, 0.2) is 30.5 Å². The number of hydrogen-bond donors (Lipinski definition) is 0. The largest absolute Gasteiger partial charge is 0.497 e. The Balaban J connectivity index is 1.61. The average molecular weight is 301 g/mol. The van der Waals surface area contributed by atoms with E-state index in [0.717, 1.165) is 24.5 Å². The van der Waals surface area contributed by atoms with Crippen LogP contribution in [0, 0.1) is 0 Å². The van der Waals surface area contributed by atoms with E-state index in [1.165, 1.54) is 11.0 Å². The lowest BCUT2D eigenvalue weighted by atomic mass is 10.2. The Bertz CT molecular complexity index is 644. The van der Waals surface area contributed by atoms with Crippen LogP contribution < -0.4 is 9.64 Å². The first-order chi connectivity index (χ1) is 10.7. The van der Waals surface area contributed by atoms with Gasteiger partial charge in [0.25, 0.3) is 5.91 Å². The zero-order chi connectivity index (χ0) is 15.5. The molecule has 1 fully saturated rings. The summed E-state index contributed by atoms with van der Waals surface area (Å²) in [6.07, 6.45) is 1.51. The number of benzene rings is 1. The Hall–Kier alpha value is -2.57. The molecule has 1 aliphatic rings. The van der Waals surface area contributed by atoms with Gasteiger partial charge >= 0.3 is 0 Å². The average Bonchev–Trinajstić information content (AvgIpc) is 3.01. The van der Waals surface area contributed by atoms with Crippen LogP contribution >= 0.6 is 0 Å². The van der Waals surface area contributed by atoms with Gasteiger partial charge < -0.3 is 14.5 Å². The van der Waals surface area contributed by atoms with Crippen molar-refractivity contribution in [2.45, 2.75) is 0 Å². The molecule has 2 heterocycles. The SMILES string of the molecule is COc1ccc(N2CCN(C(=O)c3cnn(C)n3)CC2)cc1. The number of rotatable bonds is 3. The number of amides is 1. The van der Waals surface area contributed by atoms with Crippen molar-refractivity contribution in [2.24, 2.45) is 7.05 Å². The maximum atomic E-state index is 12.3. The zero-order valence-electron chi connectivity index (χ0n) is 12.8. The van der Waals surface area contributed by atoms with Gasteiger partial charge in [-0.25, -0.2) is 0 Å². The van der Waals surface area contributed by atoms with E-state index >= 15 is 0 Å². The van der Waals surface area contributed by atoms with Gasteiger partial charge in [-0.3, -0.25) is 4.79 Å². The summed E-state index contributed by atoms with van der Waals surface area (Å²) in [6.45, 7) is 2.97. The van der Waals surface area contributed by atoms with Crippen molar-refractivity contribution in [2.75, 3.05) is 38.2 Å². The maximum Gasteiger partial charge on any atom is 0.276 e. The molecule has 2 aromatic rings. The van der Waals surface area contributed by atoms with Gasteiger partial charge in [0.05, 0.1) is 13.3 Å². The van der Waals surface area contributed by atoms with E-state index < -0.39 is 0 Å². The Morgan fingerprint density at radius 1 is 1.14 bits per heavy atom. The van der Waals surface area contributed by atoms with Crippen molar-refractivity contribution >= 4 is 11.6 Å². The minimum absolute atomic E-state index is 0.0533. The molecule has 1 aliphatic heterocycles. The van der Waals surface area contributed by atoms with Crippen molar-refractivity contribution < 1.29 is 9.53 Å². The summed E-state index contributed by atoms with van der Waals surface area (Å²) in [7, 11) is 3.37. The summed E-state index contributed by atoms with van der Waals surface area (Å²) in [5.74, 6) is 0.794. The topological polar surface area (TPSA) is 63.5 Å². The van der Waals surface area contributed by atoms with E-state index in [9.17, 15) is 4.79 Å². The first-order valence-corrected chi connectivity index (χ1v) is 7.22. The lowest BCUT2D eigenvalue weighted by Crippen LogP contribution is -2.48. The van der Waals surface area contributed by atoms with Crippen molar-refractivity contribution in [1.29, 1.82) is 0 Å². The number of piperazine rings is 1. The number of anilines is 1. The molecule has 1 amide bonds. The van der Waals surface area contributed by atoms with E-state index in [1.54, 1.807) is 14.2 Å². The Morgan fingerprint density at radius 2 is 1.82 bits per heavy atom. The summed E-state index contributed by atoms with van der Waals surface area (Å²) < 4.78 is 5.17. The standard InChI is InChI=1S/C15H19N5O2/c1-18-16-11-14(17-18)15(21)20-9-7-19(8-10-20)12-3-5-13(22-2)6-4-12/h3-6,11H,7-10H2,1-2H3. The molecule has 0 radical (unpaired) electrons. The fraction of sp³-hybridized carbons (Fsp3) is 0.400. The molecule has 1 saturated heterocycles. The van der Waals surface area contributed by atoms with E-state index in [2.05, 4.69) is 15.1 Å². The van der Waals surface area contributed by atoms with Crippen molar-refractivity contribution in [1.82, 2.24) is 19.9 Å². The van der Waals surface area contributed by atoms with Crippen molar-refractivity contribution in [3.63, 3.8) is 0 Å². The van der Waals surface area contributed by atoms with Crippen molar-refractivity contribution in [3.8, 4) is 5.75 Å². The molecule has 116 valence electrons. The molecule has 7 nitrogen and oxygen atoms in total.